The molecular weight excluding hydrogens is 286 g/mol. The molecule has 0 saturated heterocycles. The standard InChI is InChI=1S/C12H16BrNO3/c1-3-14(8-11(13)12(16)17-2)9-5-4-6-10(15)7-9/h4-7,11,15H,3,8H2,1-2H3. The zero-order chi connectivity index (χ0) is 12.8. The molecule has 0 radical (unpaired) electrons. The van der Waals surface area contributed by atoms with Crippen molar-refractivity contribution in [1.29, 1.82) is 0 Å². The van der Waals surface area contributed by atoms with Gasteiger partial charge in [-0.3, -0.25) is 4.79 Å². The third-order valence-electron chi connectivity index (χ3n) is 2.41. The first-order valence-electron chi connectivity index (χ1n) is 5.34. The fourth-order valence-corrected chi connectivity index (χ4v) is 2.04. The molecule has 94 valence electrons. The first-order chi connectivity index (χ1) is 8.08. The van der Waals surface area contributed by atoms with Crippen LogP contribution >= 0.6 is 15.9 Å². The first-order valence-corrected chi connectivity index (χ1v) is 6.26. The number of alkyl halides is 1. The lowest BCUT2D eigenvalue weighted by molar-refractivity contribution is -0.139. The molecule has 1 unspecified atom stereocenters. The van der Waals surface area contributed by atoms with E-state index >= 15 is 0 Å². The number of phenolic OH excluding ortho intramolecular Hbond substituents is 1. The molecule has 1 aromatic rings. The molecule has 1 rings (SSSR count). The molecule has 0 aliphatic rings. The summed E-state index contributed by atoms with van der Waals surface area (Å²) >= 11 is 3.28. The van der Waals surface area contributed by atoms with Crippen molar-refractivity contribution in [2.24, 2.45) is 0 Å². The van der Waals surface area contributed by atoms with Gasteiger partial charge in [-0.1, -0.05) is 22.0 Å². The summed E-state index contributed by atoms with van der Waals surface area (Å²) in [4.78, 5) is 12.9. The lowest BCUT2D eigenvalue weighted by atomic mass is 10.2. The molecule has 5 heteroatoms. The number of hydrogen-bond donors (Lipinski definition) is 1. The third-order valence-corrected chi connectivity index (χ3v) is 3.08. The van der Waals surface area contributed by atoms with Crippen LogP contribution in [0.25, 0.3) is 0 Å². The van der Waals surface area contributed by atoms with Gasteiger partial charge in [-0.2, -0.15) is 0 Å². The maximum atomic E-state index is 11.3. The van der Waals surface area contributed by atoms with E-state index in [0.717, 1.165) is 12.2 Å². The molecule has 0 heterocycles. The second kappa shape index (κ2) is 6.49. The SMILES string of the molecule is CCN(CC(Br)C(=O)OC)c1cccc(O)c1. The molecule has 0 fully saturated rings. The summed E-state index contributed by atoms with van der Waals surface area (Å²) in [6.45, 7) is 3.22. The molecule has 0 spiro atoms. The Hall–Kier alpha value is -1.23. The van der Waals surface area contributed by atoms with Crippen LogP contribution in [0.5, 0.6) is 5.75 Å². The van der Waals surface area contributed by atoms with Crippen molar-refractivity contribution in [3.8, 4) is 5.75 Å². The Morgan fingerprint density at radius 1 is 1.59 bits per heavy atom. The second-order valence-corrected chi connectivity index (χ2v) is 4.65. The van der Waals surface area contributed by atoms with E-state index in [0.29, 0.717) is 6.54 Å². The van der Waals surface area contributed by atoms with Crippen molar-refractivity contribution < 1.29 is 14.6 Å². The highest BCUT2D eigenvalue weighted by Gasteiger charge is 2.18. The minimum absolute atomic E-state index is 0.213. The molecule has 1 aromatic carbocycles. The van der Waals surface area contributed by atoms with Crippen molar-refractivity contribution in [1.82, 2.24) is 0 Å². The number of anilines is 1. The summed E-state index contributed by atoms with van der Waals surface area (Å²) < 4.78 is 4.66. The van der Waals surface area contributed by atoms with Gasteiger partial charge in [0.2, 0.25) is 0 Å². The fraction of sp³-hybridized carbons (Fsp3) is 0.417. The molecule has 1 N–H and O–H groups in total. The van der Waals surface area contributed by atoms with E-state index in [1.165, 1.54) is 7.11 Å². The molecule has 0 bridgehead atoms. The number of carbonyl (C=O) groups excluding carboxylic acids is 1. The van der Waals surface area contributed by atoms with Crippen LogP contribution in [0, 0.1) is 0 Å². The van der Waals surface area contributed by atoms with Gasteiger partial charge in [0.05, 0.1) is 7.11 Å². The zero-order valence-electron chi connectivity index (χ0n) is 9.89. The van der Waals surface area contributed by atoms with Gasteiger partial charge in [-0.05, 0) is 19.1 Å². The van der Waals surface area contributed by atoms with Crippen LogP contribution in [-0.2, 0) is 9.53 Å². The van der Waals surface area contributed by atoms with Crippen LogP contribution in [0.4, 0.5) is 5.69 Å². The molecule has 4 nitrogen and oxygen atoms in total. The Morgan fingerprint density at radius 3 is 2.82 bits per heavy atom. The van der Waals surface area contributed by atoms with Gasteiger partial charge in [0, 0.05) is 24.8 Å². The predicted molar refractivity (Wildman–Crippen MR) is 70.7 cm³/mol. The van der Waals surface area contributed by atoms with Crippen molar-refractivity contribution in [3.05, 3.63) is 24.3 Å². The summed E-state index contributed by atoms with van der Waals surface area (Å²) in [7, 11) is 1.36. The normalized spacial score (nSPS) is 11.9. The van der Waals surface area contributed by atoms with Crippen molar-refractivity contribution in [3.63, 3.8) is 0 Å². The monoisotopic (exact) mass is 301 g/mol. The number of nitrogens with zero attached hydrogens (tertiary/aromatic N) is 1. The van der Waals surface area contributed by atoms with Gasteiger partial charge in [-0.25, -0.2) is 0 Å². The summed E-state index contributed by atoms with van der Waals surface area (Å²) in [6, 6.07) is 6.94. The number of benzene rings is 1. The van der Waals surface area contributed by atoms with Gasteiger partial charge < -0.3 is 14.7 Å². The Bertz CT molecular complexity index is 384. The minimum Gasteiger partial charge on any atom is -0.508 e. The van der Waals surface area contributed by atoms with Crippen LogP contribution in [0.15, 0.2) is 24.3 Å². The number of hydrogen-bond acceptors (Lipinski definition) is 4. The highest BCUT2D eigenvalue weighted by Crippen LogP contribution is 2.21. The molecule has 0 saturated carbocycles. The molecule has 1 atom stereocenters. The van der Waals surface area contributed by atoms with Gasteiger partial charge in [0.25, 0.3) is 0 Å². The maximum absolute atomic E-state index is 11.3. The second-order valence-electron chi connectivity index (χ2n) is 3.55. The quantitative estimate of drug-likeness (QED) is 0.669. The Labute approximate surface area is 109 Å². The number of ether oxygens (including phenoxy) is 1. The summed E-state index contributed by atoms with van der Waals surface area (Å²) in [5, 5.41) is 9.42. The zero-order valence-corrected chi connectivity index (χ0v) is 11.5. The maximum Gasteiger partial charge on any atom is 0.321 e. The fourth-order valence-electron chi connectivity index (χ4n) is 1.50. The highest BCUT2D eigenvalue weighted by molar-refractivity contribution is 9.10. The largest absolute Gasteiger partial charge is 0.508 e. The number of phenols is 1. The number of esters is 1. The average molecular weight is 302 g/mol. The third kappa shape index (κ3) is 3.93. The van der Waals surface area contributed by atoms with Gasteiger partial charge >= 0.3 is 5.97 Å². The Balaban J connectivity index is 2.75. The number of halogens is 1. The van der Waals surface area contributed by atoms with Crippen molar-refractivity contribution in [2.45, 2.75) is 11.8 Å². The van der Waals surface area contributed by atoms with Crippen molar-refractivity contribution >= 4 is 27.6 Å². The van der Waals surface area contributed by atoms with Gasteiger partial charge in [-0.15, -0.1) is 0 Å². The molecule has 0 aliphatic heterocycles. The van der Waals surface area contributed by atoms with Gasteiger partial charge in [0.1, 0.15) is 10.6 Å². The smallest absolute Gasteiger partial charge is 0.321 e. The lowest BCUT2D eigenvalue weighted by Crippen LogP contribution is -2.34. The van der Waals surface area contributed by atoms with E-state index in [4.69, 9.17) is 0 Å². The predicted octanol–water partition coefficient (Wildman–Crippen LogP) is 2.16. The molecule has 17 heavy (non-hydrogen) atoms. The number of rotatable bonds is 5. The Kier molecular flexibility index (Phi) is 5.28. The Morgan fingerprint density at radius 2 is 2.29 bits per heavy atom. The lowest BCUT2D eigenvalue weighted by Gasteiger charge is -2.24. The van der Waals surface area contributed by atoms with Gasteiger partial charge in [0.15, 0.2) is 0 Å². The molecule has 0 aromatic heterocycles. The van der Waals surface area contributed by atoms with Crippen LogP contribution < -0.4 is 4.90 Å². The summed E-state index contributed by atoms with van der Waals surface area (Å²) in [5.41, 5.74) is 0.876. The van der Waals surface area contributed by atoms with Crippen LogP contribution in [0.3, 0.4) is 0 Å². The molecule has 0 amide bonds. The van der Waals surface area contributed by atoms with E-state index in [1.54, 1.807) is 18.2 Å². The molecule has 0 aliphatic carbocycles. The van der Waals surface area contributed by atoms with Crippen LogP contribution in [-0.4, -0.2) is 36.1 Å². The van der Waals surface area contributed by atoms with Crippen LogP contribution in [0.1, 0.15) is 6.92 Å². The molecular formula is C12H16BrNO3. The average Bonchev–Trinajstić information content (AvgIpc) is 2.34. The summed E-state index contributed by atoms with van der Waals surface area (Å²) in [5.74, 6) is -0.0891. The van der Waals surface area contributed by atoms with E-state index in [9.17, 15) is 9.90 Å². The van der Waals surface area contributed by atoms with E-state index in [-0.39, 0.29) is 16.5 Å². The first kappa shape index (κ1) is 13.8. The highest BCUT2D eigenvalue weighted by atomic mass is 79.9. The summed E-state index contributed by atoms with van der Waals surface area (Å²) in [6.07, 6.45) is 0. The number of carbonyl (C=O) groups is 1. The topological polar surface area (TPSA) is 49.8 Å². The number of aromatic hydroxyl groups is 1. The number of methoxy groups -OCH3 is 1. The van der Waals surface area contributed by atoms with E-state index in [1.807, 2.05) is 17.9 Å². The van der Waals surface area contributed by atoms with E-state index in [2.05, 4.69) is 20.7 Å². The van der Waals surface area contributed by atoms with Crippen LogP contribution in [0.2, 0.25) is 0 Å². The van der Waals surface area contributed by atoms with Crippen molar-refractivity contribution in [2.75, 3.05) is 25.1 Å². The minimum atomic E-state index is -0.380. The van der Waals surface area contributed by atoms with E-state index < -0.39 is 0 Å².